The van der Waals surface area contributed by atoms with Crippen LogP contribution in [0.1, 0.15) is 5.56 Å². The topological polar surface area (TPSA) is 77.5 Å². The normalized spacial score (nSPS) is 12.0. The zero-order chi connectivity index (χ0) is 14.8. The van der Waals surface area contributed by atoms with E-state index in [4.69, 9.17) is 0 Å². The number of hydrogen-bond donors (Lipinski definition) is 0. The van der Waals surface area contributed by atoms with Crippen LogP contribution >= 0.6 is 0 Å². The van der Waals surface area contributed by atoms with E-state index in [0.29, 0.717) is 5.56 Å². The van der Waals surface area contributed by atoms with Crippen LogP contribution in [0.2, 0.25) is 0 Å². The Kier molecular flexibility index (Phi) is 4.01. The van der Waals surface area contributed by atoms with Crippen molar-refractivity contribution in [1.29, 1.82) is 0 Å². The van der Waals surface area contributed by atoms with E-state index in [1.807, 2.05) is 0 Å². The Morgan fingerprint density at radius 3 is 2.11 bits per heavy atom. The highest BCUT2D eigenvalue weighted by Gasteiger charge is 2.43. The maximum atomic E-state index is 12.0. The average Bonchev–Trinajstić information content (AvgIpc) is 2.35. The van der Waals surface area contributed by atoms with E-state index in [2.05, 4.69) is 6.58 Å². The molecule has 0 spiro atoms. The van der Waals surface area contributed by atoms with E-state index < -0.39 is 31.5 Å². The summed E-state index contributed by atoms with van der Waals surface area (Å²) in [5, 5.41) is 11.0. The molecule has 0 fully saturated rings. The molecule has 0 aliphatic rings. The Morgan fingerprint density at radius 1 is 1.26 bits per heavy atom. The van der Waals surface area contributed by atoms with Crippen molar-refractivity contribution in [3.05, 3.63) is 41.6 Å². The smallest absolute Gasteiger partial charge is 0.471 e. The van der Waals surface area contributed by atoms with Crippen LogP contribution in [0.4, 0.5) is 13.2 Å². The number of alkyl halides is 3. The summed E-state index contributed by atoms with van der Waals surface area (Å²) in [5.74, 6) is -3.00. The van der Waals surface area contributed by atoms with E-state index in [0.717, 1.165) is 12.1 Å². The second-order valence-electron chi connectivity index (χ2n) is 3.31. The molecule has 19 heavy (non-hydrogen) atoms. The predicted molar refractivity (Wildman–Crippen MR) is 60.0 cm³/mol. The maximum Gasteiger partial charge on any atom is 0.471 e. The van der Waals surface area contributed by atoms with Gasteiger partial charge < -0.3 is 5.21 Å². The first kappa shape index (κ1) is 15.2. The summed E-state index contributed by atoms with van der Waals surface area (Å²) in [6, 6.07) is 4.26. The zero-order valence-corrected chi connectivity index (χ0v) is 10.0. The van der Waals surface area contributed by atoms with Crippen LogP contribution in [0.15, 0.2) is 35.7 Å². The Balaban J connectivity index is 3.16. The second kappa shape index (κ2) is 5.02. The molecule has 0 radical (unpaired) electrons. The molecule has 1 rings (SSSR count). The quantitative estimate of drug-likeness (QED) is 0.798. The Hall–Kier alpha value is -1.87. The fourth-order valence-corrected chi connectivity index (χ4v) is 2.08. The molecule has 5 nitrogen and oxygen atoms in total. The lowest BCUT2D eigenvalue weighted by molar-refractivity contribution is -0.178. The number of hydrogen-bond acceptors (Lipinski definition) is 4. The average molecular weight is 294 g/mol. The minimum Gasteiger partial charge on any atom is -0.742 e. The number of carbonyl (C=O) groups is 1. The molecule has 104 valence electrons. The molecule has 0 atom stereocenters. The highest BCUT2D eigenvalue weighted by atomic mass is 32.2. The molecule has 0 saturated carbocycles. The van der Waals surface area contributed by atoms with Gasteiger partial charge in [0.25, 0.3) is 10.0 Å². The van der Waals surface area contributed by atoms with Gasteiger partial charge in [-0.2, -0.15) is 13.2 Å². The van der Waals surface area contributed by atoms with Gasteiger partial charge in [-0.05, 0) is 17.7 Å². The molecule has 0 heterocycles. The maximum absolute atomic E-state index is 12.0. The molecule has 0 bridgehead atoms. The molecule has 1 aromatic carbocycles. The highest BCUT2D eigenvalue weighted by Crippen LogP contribution is 2.23. The predicted octanol–water partition coefficient (Wildman–Crippen LogP) is 1.91. The monoisotopic (exact) mass is 294 g/mol. The summed E-state index contributed by atoms with van der Waals surface area (Å²) in [7, 11) is -5.07. The molecule has 0 aliphatic heterocycles. The standard InChI is InChI=1S/C10H7F3NO4S/c1-2-7-3-5-8(6-4-7)19(17,18)14(16)9(15)10(11,12)13/h2-6H,1H2/q-1. The molecule has 0 N–H and O–H groups in total. The minimum absolute atomic E-state index is 0.499. The molecule has 1 amide bonds. The van der Waals surface area contributed by atoms with Crippen molar-refractivity contribution < 1.29 is 26.4 Å². The van der Waals surface area contributed by atoms with Crippen LogP contribution in [-0.4, -0.2) is 25.0 Å². The highest BCUT2D eigenvalue weighted by molar-refractivity contribution is 7.89. The van der Waals surface area contributed by atoms with Crippen LogP contribution in [-0.2, 0) is 14.8 Å². The lowest BCUT2D eigenvalue weighted by Crippen LogP contribution is -2.40. The zero-order valence-electron chi connectivity index (χ0n) is 9.22. The minimum atomic E-state index is -5.56. The van der Waals surface area contributed by atoms with Crippen molar-refractivity contribution in [2.45, 2.75) is 11.1 Å². The first-order chi connectivity index (χ1) is 8.60. The molecular formula is C10H7F3NO4S-. The van der Waals surface area contributed by atoms with Gasteiger partial charge in [0.2, 0.25) is 0 Å². The van der Waals surface area contributed by atoms with Crippen molar-refractivity contribution in [2.75, 3.05) is 0 Å². The number of hydroxylamine groups is 1. The van der Waals surface area contributed by atoms with Gasteiger partial charge in [0, 0.05) is 0 Å². The van der Waals surface area contributed by atoms with Crippen molar-refractivity contribution in [1.82, 2.24) is 4.47 Å². The summed E-state index contributed by atoms with van der Waals surface area (Å²) in [4.78, 5) is 9.88. The number of rotatable bonds is 3. The molecule has 1 aromatic rings. The van der Waals surface area contributed by atoms with E-state index >= 15 is 0 Å². The number of nitrogens with zero attached hydrogens (tertiary/aromatic N) is 1. The summed E-state index contributed by atoms with van der Waals surface area (Å²) in [5.41, 5.74) is 0.499. The summed E-state index contributed by atoms with van der Waals surface area (Å²) < 4.78 is 57.4. The van der Waals surface area contributed by atoms with Gasteiger partial charge in [-0.25, -0.2) is 8.42 Å². The Labute approximate surface area is 106 Å². The van der Waals surface area contributed by atoms with Crippen molar-refractivity contribution >= 4 is 22.0 Å². The summed E-state index contributed by atoms with van der Waals surface area (Å²) in [6.07, 6.45) is -4.19. The summed E-state index contributed by atoms with van der Waals surface area (Å²) in [6.45, 7) is 3.39. The van der Waals surface area contributed by atoms with Gasteiger partial charge in [0.1, 0.15) is 0 Å². The molecule has 0 aliphatic carbocycles. The Bertz CT molecular complexity index is 592. The molecular weight excluding hydrogens is 287 g/mol. The van der Waals surface area contributed by atoms with Gasteiger partial charge in [-0.15, -0.1) is 0 Å². The number of sulfonamides is 1. The van der Waals surface area contributed by atoms with E-state index in [9.17, 15) is 31.6 Å². The lowest BCUT2D eigenvalue weighted by Gasteiger charge is -2.27. The van der Waals surface area contributed by atoms with E-state index in [-0.39, 0.29) is 0 Å². The van der Waals surface area contributed by atoms with Gasteiger partial charge in [0.05, 0.1) is 4.90 Å². The Morgan fingerprint density at radius 2 is 1.74 bits per heavy atom. The summed E-state index contributed by atoms with van der Waals surface area (Å²) >= 11 is 0. The number of benzene rings is 1. The second-order valence-corrected chi connectivity index (χ2v) is 5.06. The third-order valence-electron chi connectivity index (χ3n) is 2.04. The van der Waals surface area contributed by atoms with Crippen molar-refractivity contribution in [2.24, 2.45) is 0 Å². The van der Waals surface area contributed by atoms with Crippen LogP contribution in [0.25, 0.3) is 6.08 Å². The number of carbonyl (C=O) groups excluding carboxylic acids is 1. The molecule has 0 unspecified atom stereocenters. The van der Waals surface area contributed by atoms with Crippen LogP contribution in [0.3, 0.4) is 0 Å². The van der Waals surface area contributed by atoms with E-state index in [1.54, 1.807) is 0 Å². The van der Waals surface area contributed by atoms with Crippen LogP contribution < -0.4 is 0 Å². The lowest BCUT2D eigenvalue weighted by atomic mass is 10.2. The number of halogens is 3. The van der Waals surface area contributed by atoms with Crippen LogP contribution in [0.5, 0.6) is 0 Å². The molecule has 0 aromatic heterocycles. The number of amides is 1. The van der Waals surface area contributed by atoms with E-state index in [1.165, 1.54) is 18.2 Å². The van der Waals surface area contributed by atoms with Crippen molar-refractivity contribution in [3.8, 4) is 0 Å². The fourth-order valence-electron chi connectivity index (χ4n) is 1.08. The SMILES string of the molecule is C=Cc1ccc(S(=O)(=O)N([O-])C(=O)C(F)(F)F)cc1. The third kappa shape index (κ3) is 3.12. The largest absolute Gasteiger partial charge is 0.742 e. The van der Waals surface area contributed by atoms with Gasteiger partial charge in [0.15, 0.2) is 0 Å². The third-order valence-corrected chi connectivity index (χ3v) is 3.51. The van der Waals surface area contributed by atoms with Gasteiger partial charge >= 0.3 is 12.1 Å². The van der Waals surface area contributed by atoms with Crippen molar-refractivity contribution in [3.63, 3.8) is 0 Å². The van der Waals surface area contributed by atoms with Gasteiger partial charge in [-0.3, -0.25) is 9.26 Å². The molecule has 0 saturated heterocycles. The fraction of sp³-hybridized carbons (Fsp3) is 0.100. The molecule has 9 heteroatoms. The first-order valence-electron chi connectivity index (χ1n) is 4.67. The van der Waals surface area contributed by atoms with Gasteiger partial charge in [-0.1, -0.05) is 24.8 Å². The van der Waals surface area contributed by atoms with Crippen LogP contribution in [0, 0.1) is 5.21 Å². The first-order valence-corrected chi connectivity index (χ1v) is 6.11.